The van der Waals surface area contributed by atoms with E-state index < -0.39 is 23.1 Å². The molecule has 0 amide bonds. The normalized spacial score (nSPS) is 11.4. The number of carboxylic acids is 1. The fraction of sp³-hybridized carbons (Fsp3) is 0.143. The molecule has 3 aromatic heterocycles. The number of pyridine rings is 1. The number of fused-ring (bicyclic) bond motifs is 1. The maximum absolute atomic E-state index is 14.2. The Bertz CT molecular complexity index is 2540. The molecule has 2 N–H and O–H groups in total. The molecule has 0 radical (unpaired) electrons. The van der Waals surface area contributed by atoms with Gasteiger partial charge in [0.1, 0.15) is 22.7 Å². The van der Waals surface area contributed by atoms with Gasteiger partial charge in [0.25, 0.3) is 5.56 Å². The molecule has 7 rings (SSSR count). The Labute approximate surface area is 304 Å². The van der Waals surface area contributed by atoms with Crippen LogP contribution >= 0.6 is 0 Å². The maximum atomic E-state index is 14.2. The van der Waals surface area contributed by atoms with Gasteiger partial charge in [-0.25, -0.2) is 19.6 Å². The van der Waals surface area contributed by atoms with Gasteiger partial charge in [-0.05, 0) is 80.6 Å². The summed E-state index contributed by atoms with van der Waals surface area (Å²) in [6.07, 6.45) is 1.63. The van der Waals surface area contributed by atoms with E-state index in [4.69, 9.17) is 14.2 Å². The van der Waals surface area contributed by atoms with Crippen molar-refractivity contribution < 1.29 is 24.0 Å². The molecule has 0 unspecified atom stereocenters. The first-order valence-corrected chi connectivity index (χ1v) is 16.9. The number of nitrogens with one attached hydrogen (secondary N) is 1. The third kappa shape index (κ3) is 7.18. The lowest BCUT2D eigenvalue weighted by Crippen LogP contribution is -2.28. The molecule has 0 fully saturated rings. The molecule has 4 aromatic carbocycles. The molecule has 11 nitrogen and oxygen atoms in total. The van der Waals surface area contributed by atoms with Crippen LogP contribution in [-0.2, 0) is 11.3 Å². The molecular formula is C42H35N5O6. The average Bonchev–Trinajstić information content (AvgIpc) is 3.54. The molecular weight excluding hydrogens is 670 g/mol. The number of hydrogen-bond donors (Lipinski definition) is 2. The van der Waals surface area contributed by atoms with Crippen molar-refractivity contribution in [3.8, 4) is 33.6 Å². The molecule has 264 valence electrons. The second kappa shape index (κ2) is 14.0. The van der Waals surface area contributed by atoms with E-state index in [-0.39, 0.29) is 18.2 Å². The van der Waals surface area contributed by atoms with E-state index in [1.165, 1.54) is 4.57 Å². The van der Waals surface area contributed by atoms with Gasteiger partial charge in [0, 0.05) is 28.4 Å². The molecule has 3 heterocycles. The summed E-state index contributed by atoms with van der Waals surface area (Å²) in [6.45, 7) is 7.15. The molecule has 0 aliphatic rings. The highest BCUT2D eigenvalue weighted by Gasteiger charge is 2.25. The summed E-state index contributed by atoms with van der Waals surface area (Å²) in [7, 11) is 0. The third-order valence-electron chi connectivity index (χ3n) is 8.54. The van der Waals surface area contributed by atoms with Crippen LogP contribution in [0, 0.1) is 6.92 Å². The van der Waals surface area contributed by atoms with Gasteiger partial charge < -0.3 is 19.7 Å². The molecule has 0 atom stereocenters. The Kier molecular flexibility index (Phi) is 9.15. The average molecular weight is 706 g/mol. The van der Waals surface area contributed by atoms with Gasteiger partial charge in [-0.3, -0.25) is 9.36 Å². The van der Waals surface area contributed by atoms with Gasteiger partial charge >= 0.3 is 11.9 Å². The summed E-state index contributed by atoms with van der Waals surface area (Å²) in [4.78, 5) is 49.1. The second-order valence-electron chi connectivity index (χ2n) is 13.5. The van der Waals surface area contributed by atoms with Gasteiger partial charge in [-0.1, -0.05) is 78.0 Å². The van der Waals surface area contributed by atoms with E-state index >= 15 is 0 Å². The third-order valence-corrected chi connectivity index (χ3v) is 8.54. The molecule has 0 bridgehead atoms. The van der Waals surface area contributed by atoms with E-state index in [9.17, 15) is 19.5 Å². The van der Waals surface area contributed by atoms with Crippen LogP contribution in [0.3, 0.4) is 0 Å². The smallest absolute Gasteiger partial charge is 0.353 e. The molecule has 0 saturated carbocycles. The van der Waals surface area contributed by atoms with Gasteiger partial charge in [-0.15, -0.1) is 0 Å². The predicted molar refractivity (Wildman–Crippen MR) is 202 cm³/mol. The zero-order valence-corrected chi connectivity index (χ0v) is 29.5. The number of carboxylic acid groups (broad SMARTS) is 1. The maximum Gasteiger partial charge on any atom is 0.353 e. The molecule has 0 spiro atoms. The fourth-order valence-corrected chi connectivity index (χ4v) is 6.22. The van der Waals surface area contributed by atoms with Crippen molar-refractivity contribution in [3.63, 3.8) is 0 Å². The monoisotopic (exact) mass is 705 g/mol. The van der Waals surface area contributed by atoms with Crippen LogP contribution in [0.2, 0.25) is 0 Å². The zero-order chi connectivity index (χ0) is 37.3. The summed E-state index contributed by atoms with van der Waals surface area (Å²) < 4.78 is 12.3. The van der Waals surface area contributed by atoms with Crippen LogP contribution in [0.25, 0.3) is 44.4 Å². The summed E-state index contributed by atoms with van der Waals surface area (Å²) in [5.41, 5.74) is 4.09. The number of benzene rings is 4. The minimum Gasteiger partial charge on any atom is -0.477 e. The number of carbonyl (C=O) groups excluding carboxylic acids is 1. The molecule has 0 aliphatic carbocycles. The van der Waals surface area contributed by atoms with Crippen molar-refractivity contribution in [3.05, 3.63) is 148 Å². The largest absolute Gasteiger partial charge is 0.477 e. The van der Waals surface area contributed by atoms with Crippen LogP contribution < -0.4 is 10.9 Å². The highest BCUT2D eigenvalue weighted by molar-refractivity contribution is 6.07. The van der Waals surface area contributed by atoms with Crippen molar-refractivity contribution in [2.75, 3.05) is 5.32 Å². The van der Waals surface area contributed by atoms with Gasteiger partial charge in [0.15, 0.2) is 0 Å². The number of hydrogen-bond acceptors (Lipinski definition) is 9. The quantitative estimate of drug-likeness (QED) is 0.140. The van der Waals surface area contributed by atoms with E-state index in [1.807, 2.05) is 67.6 Å². The highest BCUT2D eigenvalue weighted by atomic mass is 16.6. The number of nitrogens with zero attached hydrogens (tertiary/aromatic N) is 4. The lowest BCUT2D eigenvalue weighted by Gasteiger charge is -2.20. The Hall–Kier alpha value is -6.88. The van der Waals surface area contributed by atoms with Crippen molar-refractivity contribution in [1.29, 1.82) is 0 Å². The topological polar surface area (TPSA) is 149 Å². The Balaban J connectivity index is 1.29. The first-order valence-electron chi connectivity index (χ1n) is 16.9. The molecule has 0 saturated heterocycles. The number of aromatic carboxylic acids is 1. The summed E-state index contributed by atoms with van der Waals surface area (Å²) >= 11 is 0. The highest BCUT2D eigenvalue weighted by Crippen LogP contribution is 2.35. The Morgan fingerprint density at radius 1 is 0.849 bits per heavy atom. The minimum atomic E-state index is -1.26. The van der Waals surface area contributed by atoms with Crippen molar-refractivity contribution in [1.82, 2.24) is 19.7 Å². The van der Waals surface area contributed by atoms with Crippen molar-refractivity contribution in [2.24, 2.45) is 0 Å². The van der Waals surface area contributed by atoms with E-state index in [0.29, 0.717) is 55.9 Å². The summed E-state index contributed by atoms with van der Waals surface area (Å²) in [5, 5.41) is 19.0. The second-order valence-corrected chi connectivity index (χ2v) is 13.5. The van der Waals surface area contributed by atoms with E-state index in [2.05, 4.69) is 15.5 Å². The Morgan fingerprint density at radius 3 is 2.19 bits per heavy atom. The number of anilines is 2. The van der Waals surface area contributed by atoms with Crippen LogP contribution in [0.1, 0.15) is 52.9 Å². The lowest BCUT2D eigenvalue weighted by atomic mass is 9.96. The van der Waals surface area contributed by atoms with Crippen molar-refractivity contribution >= 4 is 34.3 Å². The van der Waals surface area contributed by atoms with Crippen molar-refractivity contribution in [2.45, 2.75) is 39.8 Å². The predicted octanol–water partition coefficient (Wildman–Crippen LogP) is 8.53. The standard InChI is InChI=1S/C42H35N5O6/c1-25-34(36(46-53-25)28-13-9-6-10-14-28)33-21-22-43-41(45-33)44-30-19-20-31-32(23-30)35(27-11-7-5-8-12-27)37(39(49)50)47(38(31)48)24-26-15-17-29(18-16-26)40(51)52-42(2,3)4/h5-23H,24H2,1-4H3,(H,49,50)(H,43,44,45). The zero-order valence-electron chi connectivity index (χ0n) is 29.5. The van der Waals surface area contributed by atoms with Gasteiger partial charge in [-0.2, -0.15) is 0 Å². The molecule has 7 aromatic rings. The number of aromatic nitrogens is 4. The number of esters is 1. The van der Waals surface area contributed by atoms with Crippen LogP contribution in [0.5, 0.6) is 0 Å². The van der Waals surface area contributed by atoms with Gasteiger partial charge in [0.2, 0.25) is 5.95 Å². The molecule has 0 aliphatic heterocycles. The lowest BCUT2D eigenvalue weighted by molar-refractivity contribution is 0.00692. The molecule has 11 heteroatoms. The Morgan fingerprint density at radius 2 is 1.53 bits per heavy atom. The van der Waals surface area contributed by atoms with Gasteiger partial charge in [0.05, 0.1) is 23.4 Å². The number of carbonyl (C=O) groups is 2. The van der Waals surface area contributed by atoms with Crippen LogP contribution in [0.4, 0.5) is 11.6 Å². The first kappa shape index (κ1) is 34.6. The summed E-state index contributed by atoms with van der Waals surface area (Å²) in [6, 6.07) is 32.3. The number of ether oxygens (including phenoxy) is 1. The fourth-order valence-electron chi connectivity index (χ4n) is 6.22. The number of rotatable bonds is 9. The first-order chi connectivity index (χ1) is 25.5. The van der Waals surface area contributed by atoms with E-state index in [0.717, 1.165) is 11.1 Å². The SMILES string of the molecule is Cc1onc(-c2ccccc2)c1-c1ccnc(Nc2ccc3c(=O)n(Cc4ccc(C(=O)OC(C)(C)C)cc4)c(C(=O)O)c(-c4ccccc4)c3c2)n1. The van der Waals surface area contributed by atoms with Crippen LogP contribution in [0.15, 0.2) is 125 Å². The minimum absolute atomic E-state index is 0.0429. The molecule has 53 heavy (non-hydrogen) atoms. The summed E-state index contributed by atoms with van der Waals surface area (Å²) in [5.74, 6) is -0.856. The van der Waals surface area contributed by atoms with E-state index in [1.54, 1.807) is 75.5 Å². The van der Waals surface area contributed by atoms with Crippen LogP contribution in [-0.4, -0.2) is 42.3 Å². The number of aryl methyl sites for hydroxylation is 1.